The predicted octanol–water partition coefficient (Wildman–Crippen LogP) is 3.41. The van der Waals surface area contributed by atoms with Crippen LogP contribution in [0.25, 0.3) is 11.0 Å². The smallest absolute Gasteiger partial charge is 0.355 e. The fourth-order valence-corrected chi connectivity index (χ4v) is 4.06. The first-order chi connectivity index (χ1) is 11.9. The van der Waals surface area contributed by atoms with Gasteiger partial charge in [-0.15, -0.1) is 0 Å². The fourth-order valence-electron chi connectivity index (χ4n) is 2.37. The second-order valence-corrected chi connectivity index (χ2v) is 7.93. The normalized spacial score (nSPS) is 11.5. The standard InChI is InChI=1S/C17H13BrO6S/c1-22-14-6-4-12(9-15(14)23-2)25(20,21)16-8-10-7-11(18)3-5-13(10)24-17(16)19/h3-9H,1-2H3. The first-order valence-electron chi connectivity index (χ1n) is 7.07. The molecule has 0 spiro atoms. The highest BCUT2D eigenvalue weighted by atomic mass is 79.9. The number of methoxy groups -OCH3 is 2. The number of rotatable bonds is 4. The minimum absolute atomic E-state index is 0.0909. The van der Waals surface area contributed by atoms with Crippen molar-refractivity contribution in [1.29, 1.82) is 0 Å². The molecule has 130 valence electrons. The van der Waals surface area contributed by atoms with E-state index in [4.69, 9.17) is 13.9 Å². The lowest BCUT2D eigenvalue weighted by atomic mass is 10.2. The summed E-state index contributed by atoms with van der Waals surface area (Å²) >= 11 is 3.31. The van der Waals surface area contributed by atoms with Crippen LogP contribution in [-0.2, 0) is 9.84 Å². The van der Waals surface area contributed by atoms with Gasteiger partial charge in [-0.1, -0.05) is 15.9 Å². The molecule has 0 aliphatic heterocycles. The zero-order valence-corrected chi connectivity index (χ0v) is 15.7. The predicted molar refractivity (Wildman–Crippen MR) is 95.2 cm³/mol. The Labute approximate surface area is 152 Å². The lowest BCUT2D eigenvalue weighted by Gasteiger charge is -2.10. The Kier molecular flexibility index (Phi) is 4.57. The van der Waals surface area contributed by atoms with Crippen molar-refractivity contribution in [2.75, 3.05) is 14.2 Å². The van der Waals surface area contributed by atoms with Gasteiger partial charge in [-0.2, -0.15) is 0 Å². The molecule has 0 unspecified atom stereocenters. The van der Waals surface area contributed by atoms with Crippen molar-refractivity contribution < 1.29 is 22.3 Å². The molecule has 0 aliphatic carbocycles. The lowest BCUT2D eigenvalue weighted by Crippen LogP contribution is -2.14. The summed E-state index contributed by atoms with van der Waals surface area (Å²) < 4.78 is 41.9. The van der Waals surface area contributed by atoms with E-state index in [1.54, 1.807) is 18.2 Å². The van der Waals surface area contributed by atoms with E-state index in [9.17, 15) is 13.2 Å². The second kappa shape index (κ2) is 6.53. The minimum Gasteiger partial charge on any atom is -0.493 e. The van der Waals surface area contributed by atoms with Crippen LogP contribution in [-0.4, -0.2) is 22.6 Å². The van der Waals surface area contributed by atoms with E-state index in [2.05, 4.69) is 15.9 Å². The van der Waals surface area contributed by atoms with Crippen molar-refractivity contribution in [1.82, 2.24) is 0 Å². The zero-order chi connectivity index (χ0) is 18.2. The number of ether oxygens (including phenoxy) is 2. The van der Waals surface area contributed by atoms with E-state index in [0.29, 0.717) is 16.7 Å². The van der Waals surface area contributed by atoms with E-state index in [1.807, 2.05) is 0 Å². The van der Waals surface area contributed by atoms with Crippen LogP contribution in [0.1, 0.15) is 0 Å². The summed E-state index contributed by atoms with van der Waals surface area (Å²) in [5, 5.41) is 0.494. The third-order valence-electron chi connectivity index (χ3n) is 3.62. The van der Waals surface area contributed by atoms with Crippen molar-refractivity contribution >= 4 is 36.7 Å². The van der Waals surface area contributed by atoms with Crippen molar-refractivity contribution in [2.45, 2.75) is 9.79 Å². The van der Waals surface area contributed by atoms with Gasteiger partial charge >= 0.3 is 5.63 Å². The van der Waals surface area contributed by atoms with Gasteiger partial charge in [0.15, 0.2) is 16.4 Å². The Hall–Kier alpha value is -2.32. The van der Waals surface area contributed by atoms with Crippen LogP contribution < -0.4 is 15.1 Å². The van der Waals surface area contributed by atoms with Crippen molar-refractivity contribution in [3.8, 4) is 11.5 Å². The molecule has 0 radical (unpaired) electrons. The Morgan fingerprint density at radius 2 is 1.68 bits per heavy atom. The largest absolute Gasteiger partial charge is 0.493 e. The quantitative estimate of drug-likeness (QED) is 0.596. The molecule has 3 rings (SSSR count). The maximum atomic E-state index is 12.9. The molecule has 1 heterocycles. The molecule has 0 saturated heterocycles. The Balaban J connectivity index is 2.22. The molecule has 2 aromatic carbocycles. The van der Waals surface area contributed by atoms with Crippen LogP contribution in [0.3, 0.4) is 0 Å². The van der Waals surface area contributed by atoms with E-state index >= 15 is 0 Å². The maximum absolute atomic E-state index is 12.9. The van der Waals surface area contributed by atoms with Crippen molar-refractivity contribution in [2.24, 2.45) is 0 Å². The summed E-state index contributed by atoms with van der Waals surface area (Å²) in [4.78, 5) is 11.7. The fraction of sp³-hybridized carbons (Fsp3) is 0.118. The SMILES string of the molecule is COc1ccc(S(=O)(=O)c2cc3cc(Br)ccc3oc2=O)cc1OC. The number of hydrogen-bond donors (Lipinski definition) is 0. The molecule has 0 fully saturated rings. The maximum Gasteiger partial charge on any atom is 0.355 e. The molecule has 6 nitrogen and oxygen atoms in total. The summed E-state index contributed by atoms with van der Waals surface area (Å²) in [5.41, 5.74) is -0.621. The van der Waals surface area contributed by atoms with E-state index in [-0.39, 0.29) is 10.6 Å². The summed E-state index contributed by atoms with van der Waals surface area (Å²) in [6, 6.07) is 10.4. The number of hydrogen-bond acceptors (Lipinski definition) is 6. The molecule has 0 atom stereocenters. The molecule has 0 aliphatic rings. The van der Waals surface area contributed by atoms with Gasteiger partial charge in [0.25, 0.3) is 0 Å². The Morgan fingerprint density at radius 1 is 0.960 bits per heavy atom. The highest BCUT2D eigenvalue weighted by molar-refractivity contribution is 9.10. The molecule has 0 saturated carbocycles. The molecule has 1 aromatic heterocycles. The van der Waals surface area contributed by atoms with Gasteiger partial charge in [0.05, 0.1) is 19.1 Å². The first kappa shape index (κ1) is 17.5. The second-order valence-electron chi connectivity index (χ2n) is 5.10. The van der Waals surface area contributed by atoms with E-state index < -0.39 is 20.4 Å². The zero-order valence-electron chi connectivity index (χ0n) is 13.3. The topological polar surface area (TPSA) is 82.8 Å². The molecule has 0 N–H and O–H groups in total. The molecule has 8 heteroatoms. The average Bonchev–Trinajstić information content (AvgIpc) is 2.60. The van der Waals surface area contributed by atoms with E-state index in [0.717, 1.165) is 4.47 Å². The number of halogens is 1. The lowest BCUT2D eigenvalue weighted by molar-refractivity contribution is 0.354. The van der Waals surface area contributed by atoms with Gasteiger partial charge in [0, 0.05) is 15.9 Å². The van der Waals surface area contributed by atoms with Crippen LogP contribution >= 0.6 is 15.9 Å². The van der Waals surface area contributed by atoms with Crippen LogP contribution in [0.2, 0.25) is 0 Å². The summed E-state index contributed by atoms with van der Waals surface area (Å²) in [5.74, 6) is 0.632. The average molecular weight is 425 g/mol. The van der Waals surface area contributed by atoms with E-state index in [1.165, 1.54) is 38.5 Å². The first-order valence-corrected chi connectivity index (χ1v) is 9.35. The highest BCUT2D eigenvalue weighted by Gasteiger charge is 2.24. The van der Waals surface area contributed by atoms with Gasteiger partial charge in [0.2, 0.25) is 9.84 Å². The summed E-state index contributed by atoms with van der Waals surface area (Å²) in [7, 11) is -1.24. The van der Waals surface area contributed by atoms with Crippen LogP contribution in [0, 0.1) is 0 Å². The van der Waals surface area contributed by atoms with Gasteiger partial charge in [-0.05, 0) is 36.4 Å². The third kappa shape index (κ3) is 3.14. The van der Waals surface area contributed by atoms with Gasteiger partial charge in [-0.25, -0.2) is 13.2 Å². The number of fused-ring (bicyclic) bond motifs is 1. The minimum atomic E-state index is -4.09. The molecular weight excluding hydrogens is 412 g/mol. The van der Waals surface area contributed by atoms with Crippen molar-refractivity contribution in [3.05, 3.63) is 57.4 Å². The van der Waals surface area contributed by atoms with Crippen LogP contribution in [0.15, 0.2) is 65.9 Å². The number of benzene rings is 2. The molecule has 0 bridgehead atoms. The Bertz CT molecular complexity index is 1120. The molecule has 3 aromatic rings. The molecule has 25 heavy (non-hydrogen) atoms. The third-order valence-corrected chi connectivity index (χ3v) is 5.85. The summed E-state index contributed by atoms with van der Waals surface area (Å²) in [6.07, 6.45) is 0. The number of sulfone groups is 1. The van der Waals surface area contributed by atoms with Crippen molar-refractivity contribution in [3.63, 3.8) is 0 Å². The van der Waals surface area contributed by atoms with Crippen LogP contribution in [0.5, 0.6) is 11.5 Å². The Morgan fingerprint density at radius 3 is 2.36 bits per heavy atom. The van der Waals surface area contributed by atoms with Gasteiger partial charge in [0.1, 0.15) is 5.58 Å². The van der Waals surface area contributed by atoms with Gasteiger partial charge in [-0.3, -0.25) is 0 Å². The highest BCUT2D eigenvalue weighted by Crippen LogP contribution is 2.32. The van der Waals surface area contributed by atoms with Gasteiger partial charge < -0.3 is 13.9 Å². The van der Waals surface area contributed by atoms with Crippen LogP contribution in [0.4, 0.5) is 0 Å². The monoisotopic (exact) mass is 424 g/mol. The molecule has 0 amide bonds. The molecular formula is C17H13BrO6S. The summed E-state index contributed by atoms with van der Waals surface area (Å²) in [6.45, 7) is 0.